The highest BCUT2D eigenvalue weighted by Crippen LogP contribution is 2.23. The van der Waals surface area contributed by atoms with E-state index < -0.39 is 0 Å². The summed E-state index contributed by atoms with van der Waals surface area (Å²) in [5.41, 5.74) is 3.22. The zero-order valence-electron chi connectivity index (χ0n) is 16.2. The van der Waals surface area contributed by atoms with Crippen LogP contribution in [0.25, 0.3) is 0 Å². The van der Waals surface area contributed by atoms with Crippen LogP contribution < -0.4 is 10.6 Å². The summed E-state index contributed by atoms with van der Waals surface area (Å²) in [6.45, 7) is 6.98. The van der Waals surface area contributed by atoms with Gasteiger partial charge in [0.25, 0.3) is 5.91 Å². The lowest BCUT2D eigenvalue weighted by Crippen LogP contribution is -2.15. The lowest BCUT2D eigenvalue weighted by molar-refractivity contribution is 0.102. The van der Waals surface area contributed by atoms with Gasteiger partial charge in [-0.3, -0.25) is 4.79 Å². The molecule has 3 aromatic rings. The molecular weight excluding hydrogens is 372 g/mol. The highest BCUT2D eigenvalue weighted by Gasteiger charge is 2.14. The second kappa shape index (κ2) is 8.40. The Morgan fingerprint density at radius 3 is 2.32 bits per heavy atom. The van der Waals surface area contributed by atoms with Gasteiger partial charge >= 0.3 is 0 Å². The first kappa shape index (κ1) is 19.8. The van der Waals surface area contributed by atoms with E-state index in [1.54, 1.807) is 0 Å². The second-order valence-corrected chi connectivity index (χ2v) is 7.92. The van der Waals surface area contributed by atoms with Crippen LogP contribution in [0.3, 0.4) is 0 Å². The lowest BCUT2D eigenvalue weighted by Gasteiger charge is -2.19. The predicted octanol–water partition coefficient (Wildman–Crippen LogP) is 5.29. The van der Waals surface area contributed by atoms with Crippen molar-refractivity contribution in [2.24, 2.45) is 0 Å². The van der Waals surface area contributed by atoms with E-state index >= 15 is 0 Å². The number of hydrogen-bond acceptors (Lipinski definition) is 4. The highest BCUT2D eigenvalue weighted by atomic mass is 35.5. The van der Waals surface area contributed by atoms with Crippen molar-refractivity contribution < 1.29 is 4.79 Å². The van der Waals surface area contributed by atoms with Crippen molar-refractivity contribution in [1.29, 1.82) is 0 Å². The molecule has 2 N–H and O–H groups in total. The normalized spacial score (nSPS) is 11.1. The summed E-state index contributed by atoms with van der Waals surface area (Å²) >= 11 is 6.14. The average molecular weight is 395 g/mol. The molecule has 0 spiro atoms. The molecule has 28 heavy (non-hydrogen) atoms. The van der Waals surface area contributed by atoms with E-state index in [2.05, 4.69) is 41.4 Å². The van der Waals surface area contributed by atoms with Crippen LogP contribution in [0.15, 0.2) is 60.9 Å². The topological polar surface area (TPSA) is 66.9 Å². The van der Waals surface area contributed by atoms with E-state index in [1.165, 1.54) is 18.0 Å². The maximum atomic E-state index is 12.4. The molecule has 6 heteroatoms. The Balaban J connectivity index is 1.60. The number of amides is 1. The molecule has 144 valence electrons. The number of nitrogens with one attached hydrogen (secondary N) is 2. The first-order valence-electron chi connectivity index (χ1n) is 9.04. The molecule has 0 aliphatic carbocycles. The van der Waals surface area contributed by atoms with Crippen molar-refractivity contribution in [3.8, 4) is 0 Å². The van der Waals surface area contributed by atoms with E-state index in [-0.39, 0.29) is 17.0 Å². The van der Waals surface area contributed by atoms with E-state index in [0.717, 1.165) is 11.3 Å². The smallest absolute Gasteiger partial charge is 0.275 e. The minimum Gasteiger partial charge on any atom is -0.365 e. The van der Waals surface area contributed by atoms with Gasteiger partial charge in [-0.15, -0.1) is 0 Å². The molecule has 0 aliphatic heterocycles. The van der Waals surface area contributed by atoms with Crippen molar-refractivity contribution in [3.63, 3.8) is 0 Å². The first-order valence-corrected chi connectivity index (χ1v) is 9.42. The summed E-state index contributed by atoms with van der Waals surface area (Å²) in [5, 5.41) is 6.68. The summed E-state index contributed by atoms with van der Waals surface area (Å²) in [5.74, 6) is 0.277. The molecule has 1 aromatic heterocycles. The molecular formula is C22H23ClN4O. The maximum Gasteiger partial charge on any atom is 0.275 e. The van der Waals surface area contributed by atoms with Gasteiger partial charge in [0, 0.05) is 17.3 Å². The summed E-state index contributed by atoms with van der Waals surface area (Å²) in [4.78, 5) is 20.8. The standard InChI is InChI=1S/C22H23ClN4O/c1-22(2,3)16-8-10-17(11-9-16)27-21(28)19-13-26-20(14-24-19)25-12-15-6-4-5-7-18(15)23/h4-11,13-14H,12H2,1-3H3,(H,25,26)(H,27,28). The van der Waals surface area contributed by atoms with Crippen molar-refractivity contribution in [2.45, 2.75) is 32.7 Å². The fraction of sp³-hybridized carbons (Fsp3) is 0.227. The summed E-state index contributed by atoms with van der Waals surface area (Å²) < 4.78 is 0. The van der Waals surface area contributed by atoms with Gasteiger partial charge in [0.05, 0.1) is 12.4 Å². The van der Waals surface area contributed by atoms with Gasteiger partial charge < -0.3 is 10.6 Å². The van der Waals surface area contributed by atoms with Crippen LogP contribution in [0.2, 0.25) is 5.02 Å². The number of aromatic nitrogens is 2. The van der Waals surface area contributed by atoms with E-state index in [0.29, 0.717) is 17.4 Å². The lowest BCUT2D eigenvalue weighted by atomic mass is 9.87. The van der Waals surface area contributed by atoms with Crippen molar-refractivity contribution in [3.05, 3.63) is 82.8 Å². The van der Waals surface area contributed by atoms with Gasteiger partial charge in [-0.25, -0.2) is 9.97 Å². The van der Waals surface area contributed by atoms with Crippen LogP contribution in [-0.2, 0) is 12.0 Å². The minimum atomic E-state index is -0.298. The number of anilines is 2. The zero-order valence-corrected chi connectivity index (χ0v) is 16.9. The number of nitrogens with zero attached hydrogens (tertiary/aromatic N) is 2. The Labute approximate surface area is 170 Å². The molecule has 0 fully saturated rings. The monoisotopic (exact) mass is 394 g/mol. The fourth-order valence-corrected chi connectivity index (χ4v) is 2.82. The van der Waals surface area contributed by atoms with Gasteiger partial charge in [-0.1, -0.05) is 62.7 Å². The average Bonchev–Trinajstić information content (AvgIpc) is 2.67. The van der Waals surface area contributed by atoms with Crippen LogP contribution in [0.1, 0.15) is 42.4 Å². The third-order valence-electron chi connectivity index (χ3n) is 4.31. The molecule has 0 aliphatic rings. The molecule has 0 saturated carbocycles. The number of hydrogen-bond donors (Lipinski definition) is 2. The molecule has 5 nitrogen and oxygen atoms in total. The molecule has 0 unspecified atom stereocenters. The van der Waals surface area contributed by atoms with Gasteiger partial charge in [0.1, 0.15) is 11.5 Å². The molecule has 2 aromatic carbocycles. The molecule has 0 radical (unpaired) electrons. The SMILES string of the molecule is CC(C)(C)c1ccc(NC(=O)c2cnc(NCc3ccccc3Cl)cn2)cc1. The van der Waals surface area contributed by atoms with Crippen LogP contribution in [-0.4, -0.2) is 15.9 Å². The molecule has 0 bridgehead atoms. The maximum absolute atomic E-state index is 12.4. The number of benzene rings is 2. The number of halogens is 1. The Bertz CT molecular complexity index is 948. The second-order valence-electron chi connectivity index (χ2n) is 7.51. The number of carbonyl (C=O) groups excluding carboxylic acids is 1. The van der Waals surface area contributed by atoms with Crippen LogP contribution >= 0.6 is 11.6 Å². The summed E-state index contributed by atoms with van der Waals surface area (Å²) in [6, 6.07) is 15.4. The molecule has 0 saturated heterocycles. The zero-order chi connectivity index (χ0) is 20.1. The van der Waals surface area contributed by atoms with Crippen molar-refractivity contribution in [2.75, 3.05) is 10.6 Å². The van der Waals surface area contributed by atoms with Gasteiger partial charge in [0.2, 0.25) is 0 Å². The summed E-state index contributed by atoms with van der Waals surface area (Å²) in [6.07, 6.45) is 2.99. The third kappa shape index (κ3) is 5.08. The number of carbonyl (C=O) groups is 1. The van der Waals surface area contributed by atoms with E-state index in [1.807, 2.05) is 48.5 Å². The quantitative estimate of drug-likeness (QED) is 0.616. The van der Waals surface area contributed by atoms with E-state index in [4.69, 9.17) is 11.6 Å². The molecule has 3 rings (SSSR count). The van der Waals surface area contributed by atoms with Gasteiger partial charge in [-0.05, 0) is 34.7 Å². The largest absolute Gasteiger partial charge is 0.365 e. The summed E-state index contributed by atoms with van der Waals surface area (Å²) in [7, 11) is 0. The predicted molar refractivity (Wildman–Crippen MR) is 114 cm³/mol. The van der Waals surface area contributed by atoms with Crippen molar-refractivity contribution >= 4 is 29.0 Å². The Hall–Kier alpha value is -2.92. The first-order chi connectivity index (χ1) is 13.3. The van der Waals surface area contributed by atoms with Crippen molar-refractivity contribution in [1.82, 2.24) is 9.97 Å². The number of rotatable bonds is 5. The van der Waals surface area contributed by atoms with Crippen LogP contribution in [0.5, 0.6) is 0 Å². The fourth-order valence-electron chi connectivity index (χ4n) is 2.61. The Morgan fingerprint density at radius 1 is 1.00 bits per heavy atom. The van der Waals surface area contributed by atoms with Gasteiger partial charge in [-0.2, -0.15) is 0 Å². The van der Waals surface area contributed by atoms with Crippen LogP contribution in [0, 0.1) is 0 Å². The highest BCUT2D eigenvalue weighted by molar-refractivity contribution is 6.31. The molecule has 1 amide bonds. The Kier molecular flexibility index (Phi) is 5.95. The van der Waals surface area contributed by atoms with Gasteiger partial charge in [0.15, 0.2) is 0 Å². The van der Waals surface area contributed by atoms with Crippen LogP contribution in [0.4, 0.5) is 11.5 Å². The Morgan fingerprint density at radius 2 is 1.71 bits per heavy atom. The molecule has 1 heterocycles. The minimum absolute atomic E-state index is 0.0703. The third-order valence-corrected chi connectivity index (χ3v) is 4.68. The molecule has 0 atom stereocenters. The van der Waals surface area contributed by atoms with E-state index in [9.17, 15) is 4.79 Å².